The van der Waals surface area contributed by atoms with E-state index in [0.717, 1.165) is 46.5 Å². The molecule has 12 nitrogen and oxygen atoms in total. The van der Waals surface area contributed by atoms with E-state index < -0.39 is 51.5 Å². The number of aliphatic hydroxyl groups excluding tert-OH is 1. The molecule has 10 atom stereocenters. The van der Waals surface area contributed by atoms with Crippen LogP contribution in [-0.2, 0) is 36.3 Å². The first-order chi connectivity index (χ1) is 26.8. The van der Waals surface area contributed by atoms with E-state index in [2.05, 4.69) is 26.9 Å². The first-order valence-electron chi connectivity index (χ1n) is 20.3. The normalized spacial score (nSPS) is 38.4. The molecule has 2 bridgehead atoms. The summed E-state index contributed by atoms with van der Waals surface area (Å²) in [4.78, 5) is 39.7. The molecule has 6 aliphatic rings. The number of likely N-dealkylation sites (N-methyl/N-ethyl adjacent to an activating group) is 1. The van der Waals surface area contributed by atoms with Crippen LogP contribution in [-0.4, -0.2) is 133 Å². The number of para-hydroxylation sites is 1. The summed E-state index contributed by atoms with van der Waals surface area (Å²) >= 11 is 0. The quantitative estimate of drug-likeness (QED) is 0.216. The Balaban J connectivity index is 1.36. The lowest BCUT2D eigenvalue weighted by atomic mass is 9.47. The number of methoxy groups -OCH3 is 3. The van der Waals surface area contributed by atoms with Crippen molar-refractivity contribution in [2.45, 2.75) is 92.6 Å². The molecule has 4 N–H and O–H groups in total. The third-order valence-electron chi connectivity index (χ3n) is 15.4. The van der Waals surface area contributed by atoms with Crippen LogP contribution in [0, 0.1) is 11.3 Å². The van der Waals surface area contributed by atoms with Crippen LogP contribution in [0.5, 0.6) is 5.75 Å². The number of rotatable bonds is 6. The molecular formula is C44H56N4O8. The lowest BCUT2D eigenvalue weighted by Gasteiger charge is -2.63. The molecule has 4 unspecified atom stereocenters. The predicted octanol–water partition coefficient (Wildman–Crippen LogP) is 3.42. The Hall–Kier alpha value is -3.94. The molecule has 1 aromatic heterocycles. The fourth-order valence-electron chi connectivity index (χ4n) is 13.2. The molecule has 56 heavy (non-hydrogen) atoms. The maximum atomic E-state index is 15.2. The maximum absolute atomic E-state index is 15.2. The molecule has 3 aromatic rings. The van der Waals surface area contributed by atoms with E-state index in [-0.39, 0.29) is 12.0 Å². The van der Waals surface area contributed by atoms with Crippen molar-refractivity contribution in [3.8, 4) is 5.75 Å². The van der Waals surface area contributed by atoms with Crippen LogP contribution >= 0.6 is 0 Å². The van der Waals surface area contributed by atoms with Gasteiger partial charge in [0.05, 0.1) is 33.0 Å². The summed E-state index contributed by atoms with van der Waals surface area (Å²) in [6, 6.07) is 11.1. The topological polar surface area (TPSA) is 148 Å². The molecule has 9 rings (SSSR count). The Labute approximate surface area is 328 Å². The van der Waals surface area contributed by atoms with Gasteiger partial charge in [-0.15, -0.1) is 0 Å². The summed E-state index contributed by atoms with van der Waals surface area (Å²) in [5.74, 6) is -0.908. The molecule has 1 spiro atoms. The summed E-state index contributed by atoms with van der Waals surface area (Å²) < 4.78 is 17.6. The van der Waals surface area contributed by atoms with Crippen molar-refractivity contribution >= 4 is 28.5 Å². The second-order valence-electron chi connectivity index (χ2n) is 17.6. The summed E-state index contributed by atoms with van der Waals surface area (Å²) in [6.07, 6.45) is 5.82. The van der Waals surface area contributed by atoms with E-state index in [1.54, 1.807) is 7.11 Å². The number of esters is 2. The SMILES string of the molecule is CCC1(O)C[C@H]2CN(CCc3c([nH]c4ccccc34)[C@@](C(=O)OC)(c3cc4c(cc3OC)N(C)C3[C@]45CCN4CC=C[C@](CC)(C45)[C@@H](O)[C@]3(O)C(=O)OC)C2)C1. The molecule has 300 valence electrons. The van der Waals surface area contributed by atoms with Crippen LogP contribution in [0.1, 0.15) is 68.3 Å². The van der Waals surface area contributed by atoms with Crippen LogP contribution in [0.25, 0.3) is 10.9 Å². The number of H-pyrrole nitrogens is 1. The molecular weight excluding hydrogens is 713 g/mol. The number of aromatic amines is 1. The monoisotopic (exact) mass is 768 g/mol. The molecule has 12 heteroatoms. The van der Waals surface area contributed by atoms with Crippen LogP contribution < -0.4 is 9.64 Å². The number of piperidine rings is 1. The summed E-state index contributed by atoms with van der Waals surface area (Å²) in [7, 11) is 6.17. The zero-order valence-corrected chi connectivity index (χ0v) is 33.4. The van der Waals surface area contributed by atoms with Crippen molar-refractivity contribution in [1.29, 1.82) is 0 Å². The van der Waals surface area contributed by atoms with Crippen LogP contribution in [0.4, 0.5) is 5.69 Å². The minimum absolute atomic E-state index is 0.0795. The van der Waals surface area contributed by atoms with E-state index in [0.29, 0.717) is 69.5 Å². The van der Waals surface area contributed by atoms with Crippen molar-refractivity contribution < 1.29 is 39.1 Å². The minimum atomic E-state index is -2.29. The van der Waals surface area contributed by atoms with Crippen molar-refractivity contribution in [3.63, 3.8) is 0 Å². The van der Waals surface area contributed by atoms with Crippen molar-refractivity contribution in [2.24, 2.45) is 11.3 Å². The molecule has 0 amide bonds. The van der Waals surface area contributed by atoms with Gasteiger partial charge in [-0.1, -0.05) is 44.2 Å². The Morgan fingerprint density at radius 2 is 1.73 bits per heavy atom. The Kier molecular flexibility index (Phi) is 8.59. The fraction of sp³-hybridized carbons (Fsp3) is 0.591. The summed E-state index contributed by atoms with van der Waals surface area (Å²) in [5.41, 5.74) is -1.43. The Morgan fingerprint density at radius 1 is 0.964 bits per heavy atom. The number of carbonyl (C=O) groups excluding carboxylic acids is 2. The van der Waals surface area contributed by atoms with Crippen molar-refractivity contribution in [1.82, 2.24) is 14.8 Å². The van der Waals surface area contributed by atoms with Crippen molar-refractivity contribution in [3.05, 3.63) is 70.9 Å². The molecule has 6 heterocycles. The number of aromatic nitrogens is 1. The summed E-state index contributed by atoms with van der Waals surface area (Å²) in [5, 5.41) is 38.3. The van der Waals surface area contributed by atoms with Gasteiger partial charge in [-0.2, -0.15) is 0 Å². The summed E-state index contributed by atoms with van der Waals surface area (Å²) in [6.45, 7) is 7.41. The highest BCUT2D eigenvalue weighted by atomic mass is 16.5. The zero-order valence-electron chi connectivity index (χ0n) is 33.4. The number of benzene rings is 2. The van der Waals surface area contributed by atoms with Gasteiger partial charge in [-0.05, 0) is 74.2 Å². The second kappa shape index (κ2) is 12.8. The number of nitrogens with one attached hydrogen (secondary N) is 1. The average molecular weight is 769 g/mol. The van der Waals surface area contributed by atoms with Gasteiger partial charge in [0.15, 0.2) is 0 Å². The van der Waals surface area contributed by atoms with Gasteiger partial charge in [-0.3, -0.25) is 14.6 Å². The van der Waals surface area contributed by atoms with E-state index in [9.17, 15) is 20.1 Å². The molecule has 3 fully saturated rings. The van der Waals surface area contributed by atoms with Gasteiger partial charge in [0.25, 0.3) is 0 Å². The minimum Gasteiger partial charge on any atom is -0.496 e. The highest BCUT2D eigenvalue weighted by Crippen LogP contribution is 2.67. The highest BCUT2D eigenvalue weighted by molar-refractivity contribution is 5.95. The maximum Gasteiger partial charge on any atom is 0.342 e. The molecule has 1 aliphatic carbocycles. The molecule has 0 radical (unpaired) electrons. The van der Waals surface area contributed by atoms with Gasteiger partial charge >= 0.3 is 11.9 Å². The highest BCUT2D eigenvalue weighted by Gasteiger charge is 2.79. The number of hydrogen-bond acceptors (Lipinski definition) is 11. The van der Waals surface area contributed by atoms with Crippen LogP contribution in [0.15, 0.2) is 48.6 Å². The second-order valence-corrected chi connectivity index (χ2v) is 17.6. The number of aliphatic hydroxyl groups is 3. The fourth-order valence-corrected chi connectivity index (χ4v) is 13.2. The largest absolute Gasteiger partial charge is 0.496 e. The molecule has 2 aromatic carbocycles. The van der Waals surface area contributed by atoms with E-state index in [1.807, 2.05) is 62.2 Å². The first kappa shape index (κ1) is 37.6. The third-order valence-corrected chi connectivity index (χ3v) is 15.4. The van der Waals surface area contributed by atoms with Crippen molar-refractivity contribution in [2.75, 3.05) is 66.0 Å². The van der Waals surface area contributed by atoms with E-state index in [4.69, 9.17) is 14.2 Å². The average Bonchev–Trinajstić information content (AvgIpc) is 3.87. The number of fused-ring (bicyclic) bond motifs is 6. The van der Waals surface area contributed by atoms with Gasteiger partial charge in [-0.25, -0.2) is 4.79 Å². The smallest absolute Gasteiger partial charge is 0.342 e. The number of anilines is 1. The first-order valence-corrected chi connectivity index (χ1v) is 20.3. The van der Waals surface area contributed by atoms with Gasteiger partial charge < -0.3 is 39.4 Å². The van der Waals surface area contributed by atoms with Crippen LogP contribution in [0.2, 0.25) is 0 Å². The van der Waals surface area contributed by atoms with Crippen LogP contribution in [0.3, 0.4) is 0 Å². The number of nitrogens with zero attached hydrogens (tertiary/aromatic N) is 3. The van der Waals surface area contributed by atoms with Gasteiger partial charge in [0, 0.05) is 84.0 Å². The van der Waals surface area contributed by atoms with Gasteiger partial charge in [0.1, 0.15) is 17.3 Å². The third kappa shape index (κ3) is 4.59. The van der Waals surface area contributed by atoms with E-state index >= 15 is 4.79 Å². The molecule has 2 saturated heterocycles. The lowest BCUT2D eigenvalue weighted by Crippen LogP contribution is -2.80. The Morgan fingerprint density at radius 3 is 2.45 bits per heavy atom. The lowest BCUT2D eigenvalue weighted by molar-refractivity contribution is -0.218. The molecule has 1 saturated carbocycles. The number of ether oxygens (including phenoxy) is 3. The predicted molar refractivity (Wildman–Crippen MR) is 211 cm³/mol. The van der Waals surface area contributed by atoms with Gasteiger partial charge in [0.2, 0.25) is 5.60 Å². The molecule has 5 aliphatic heterocycles. The number of carbonyl (C=O) groups is 2. The van der Waals surface area contributed by atoms with E-state index in [1.165, 1.54) is 14.2 Å². The zero-order chi connectivity index (χ0) is 39.6. The standard InChI is InChI=1S/C44H56N4O8/c1-7-40(52)22-26-23-43(38(50)55-5,34-28(14-18-47(24-26)25-40)27-12-9-10-13-31(27)45-34)30-20-29-32(21-33(30)54-4)46(3)36-42(29)16-19-48-17-11-15-41(8-2,35(42)48)37(49)44(36,53)39(51)56-6/h9-13,15,20-21,26,35-37,45,49,52-53H,7-8,14,16-19,22-25H2,1-6H3/t26-,35?,36?,37-,40?,41-,42-,43+,44+/m1/s1. The Bertz CT molecular complexity index is 2140. The number of hydrogen-bond donors (Lipinski definition) is 4.